The number of amides is 1. The zero-order valence-corrected chi connectivity index (χ0v) is 14.7. The maximum absolute atomic E-state index is 12.9. The molecule has 1 amide bonds. The zero-order valence-electron chi connectivity index (χ0n) is 14.7. The van der Waals surface area contributed by atoms with Crippen LogP contribution >= 0.6 is 0 Å². The van der Waals surface area contributed by atoms with E-state index < -0.39 is 0 Å². The van der Waals surface area contributed by atoms with E-state index in [9.17, 15) is 4.79 Å². The molecule has 0 saturated heterocycles. The Hall–Kier alpha value is -3.28. The number of hydrogen-bond acceptors (Lipinski definition) is 4. The van der Waals surface area contributed by atoms with E-state index >= 15 is 0 Å². The first-order valence-electron chi connectivity index (χ1n) is 9.11. The van der Waals surface area contributed by atoms with E-state index in [2.05, 4.69) is 27.6 Å². The van der Waals surface area contributed by atoms with Gasteiger partial charge in [-0.2, -0.15) is 5.10 Å². The van der Waals surface area contributed by atoms with Crippen LogP contribution in [0.5, 0.6) is 11.5 Å². The van der Waals surface area contributed by atoms with Gasteiger partial charge in [-0.05, 0) is 42.2 Å². The molecule has 0 fully saturated rings. The van der Waals surface area contributed by atoms with Crippen LogP contribution in [0, 0.1) is 0 Å². The number of fused-ring (bicyclic) bond motifs is 2. The maximum Gasteiger partial charge on any atom is 0.255 e. The highest BCUT2D eigenvalue weighted by Crippen LogP contribution is 2.35. The van der Waals surface area contributed by atoms with Crippen LogP contribution in [0.3, 0.4) is 0 Å². The molecule has 0 radical (unpaired) electrons. The smallest absolute Gasteiger partial charge is 0.255 e. The fourth-order valence-corrected chi connectivity index (χ4v) is 3.82. The standard InChI is InChI=1S/C21H19N3O3/c25-21(23-17-7-5-13-3-1-2-4-15(13)17)16-12-22-24-20(16)14-6-8-18-19(11-14)27-10-9-26-18/h1-4,6,8,11-12,17H,5,7,9-10H2,(H,22,24)(H,23,25)/t17-/m0/s1. The van der Waals surface area contributed by atoms with Crippen LogP contribution in [0.4, 0.5) is 0 Å². The van der Waals surface area contributed by atoms with E-state index in [1.165, 1.54) is 11.1 Å². The van der Waals surface area contributed by atoms with Gasteiger partial charge >= 0.3 is 0 Å². The molecule has 0 saturated carbocycles. The molecule has 2 N–H and O–H groups in total. The quantitative estimate of drug-likeness (QED) is 0.751. The number of aromatic amines is 1. The number of benzene rings is 2. The van der Waals surface area contributed by atoms with E-state index in [1.54, 1.807) is 6.20 Å². The number of carbonyl (C=O) groups is 1. The third kappa shape index (κ3) is 2.83. The van der Waals surface area contributed by atoms with Crippen molar-refractivity contribution in [3.63, 3.8) is 0 Å². The average Bonchev–Trinajstić information content (AvgIpc) is 3.35. The molecular weight excluding hydrogens is 342 g/mol. The molecule has 0 unspecified atom stereocenters. The number of aromatic nitrogens is 2. The number of nitrogens with one attached hydrogen (secondary N) is 2. The summed E-state index contributed by atoms with van der Waals surface area (Å²) in [4.78, 5) is 12.9. The summed E-state index contributed by atoms with van der Waals surface area (Å²) < 4.78 is 11.2. The highest BCUT2D eigenvalue weighted by atomic mass is 16.6. The van der Waals surface area contributed by atoms with E-state index in [4.69, 9.17) is 9.47 Å². The largest absolute Gasteiger partial charge is 0.486 e. The Balaban J connectivity index is 1.41. The van der Waals surface area contributed by atoms with Gasteiger partial charge in [-0.1, -0.05) is 24.3 Å². The Morgan fingerprint density at radius 1 is 1.11 bits per heavy atom. The third-order valence-corrected chi connectivity index (χ3v) is 5.15. The molecule has 3 aromatic rings. The number of aryl methyl sites for hydroxylation is 1. The minimum Gasteiger partial charge on any atom is -0.486 e. The summed E-state index contributed by atoms with van der Waals surface area (Å²) in [7, 11) is 0. The van der Waals surface area contributed by atoms with Gasteiger partial charge in [-0.25, -0.2) is 0 Å². The van der Waals surface area contributed by atoms with Crippen molar-refractivity contribution in [1.82, 2.24) is 15.5 Å². The van der Waals surface area contributed by atoms with Crippen molar-refractivity contribution >= 4 is 5.91 Å². The lowest BCUT2D eigenvalue weighted by molar-refractivity contribution is 0.0937. The molecular formula is C21H19N3O3. The van der Waals surface area contributed by atoms with Gasteiger partial charge in [0.05, 0.1) is 23.5 Å². The predicted molar refractivity (Wildman–Crippen MR) is 100.0 cm³/mol. The van der Waals surface area contributed by atoms with Gasteiger partial charge in [-0.15, -0.1) is 0 Å². The Kier molecular flexibility index (Phi) is 3.81. The first-order valence-corrected chi connectivity index (χ1v) is 9.11. The fourth-order valence-electron chi connectivity index (χ4n) is 3.82. The lowest BCUT2D eigenvalue weighted by Gasteiger charge is -2.19. The van der Waals surface area contributed by atoms with Crippen molar-refractivity contribution in [2.45, 2.75) is 18.9 Å². The summed E-state index contributed by atoms with van der Waals surface area (Å²) in [6, 6.07) is 14.0. The van der Waals surface area contributed by atoms with Crippen molar-refractivity contribution in [2.75, 3.05) is 13.2 Å². The monoisotopic (exact) mass is 361 g/mol. The molecule has 6 heteroatoms. The topological polar surface area (TPSA) is 76.2 Å². The molecule has 1 aromatic heterocycles. The van der Waals surface area contributed by atoms with Crippen molar-refractivity contribution in [2.24, 2.45) is 0 Å². The van der Waals surface area contributed by atoms with Crippen LogP contribution in [0.15, 0.2) is 48.7 Å². The van der Waals surface area contributed by atoms with Crippen LogP contribution in [0.1, 0.15) is 33.9 Å². The number of nitrogens with zero attached hydrogens (tertiary/aromatic N) is 1. The minimum atomic E-state index is -0.129. The molecule has 1 atom stereocenters. The number of ether oxygens (including phenoxy) is 2. The van der Waals surface area contributed by atoms with Gasteiger partial charge < -0.3 is 14.8 Å². The molecule has 27 heavy (non-hydrogen) atoms. The average molecular weight is 361 g/mol. The molecule has 1 aliphatic carbocycles. The number of hydrogen-bond donors (Lipinski definition) is 2. The molecule has 136 valence electrons. The Morgan fingerprint density at radius 2 is 1.96 bits per heavy atom. The minimum absolute atomic E-state index is 0.0386. The van der Waals surface area contributed by atoms with Crippen molar-refractivity contribution < 1.29 is 14.3 Å². The van der Waals surface area contributed by atoms with Crippen molar-refractivity contribution in [3.8, 4) is 22.8 Å². The van der Waals surface area contributed by atoms with Crippen molar-refractivity contribution in [3.05, 3.63) is 65.4 Å². The van der Waals surface area contributed by atoms with E-state index in [0.717, 1.165) is 24.2 Å². The number of H-pyrrole nitrogens is 1. The van der Waals surface area contributed by atoms with Gasteiger partial charge in [0.1, 0.15) is 13.2 Å². The fraction of sp³-hybridized carbons (Fsp3) is 0.238. The SMILES string of the molecule is O=C(N[C@H]1CCc2ccccc21)c1cn[nH]c1-c1ccc2c(c1)OCCO2. The van der Waals surface area contributed by atoms with Crippen LogP contribution in [0.25, 0.3) is 11.3 Å². The van der Waals surface area contributed by atoms with Crippen LogP contribution in [-0.4, -0.2) is 29.3 Å². The summed E-state index contributed by atoms with van der Waals surface area (Å²) in [5.74, 6) is 1.28. The first kappa shape index (κ1) is 15.9. The Morgan fingerprint density at radius 3 is 2.89 bits per heavy atom. The second kappa shape index (κ2) is 6.46. The van der Waals surface area contributed by atoms with Gasteiger partial charge in [0.15, 0.2) is 11.5 Å². The van der Waals surface area contributed by atoms with Crippen LogP contribution < -0.4 is 14.8 Å². The first-order chi connectivity index (χ1) is 13.3. The zero-order chi connectivity index (χ0) is 18.2. The molecule has 6 nitrogen and oxygen atoms in total. The molecule has 2 aliphatic rings. The highest BCUT2D eigenvalue weighted by Gasteiger charge is 2.26. The van der Waals surface area contributed by atoms with E-state index in [1.807, 2.05) is 30.3 Å². The molecule has 5 rings (SSSR count). The summed E-state index contributed by atoms with van der Waals surface area (Å²) in [6.45, 7) is 1.07. The number of carbonyl (C=O) groups excluding carboxylic acids is 1. The molecule has 1 aliphatic heterocycles. The maximum atomic E-state index is 12.9. The van der Waals surface area contributed by atoms with Gasteiger partial charge in [0, 0.05) is 5.56 Å². The van der Waals surface area contributed by atoms with Gasteiger partial charge in [-0.3, -0.25) is 9.89 Å². The molecule has 0 spiro atoms. The van der Waals surface area contributed by atoms with E-state index in [0.29, 0.717) is 30.2 Å². The summed E-state index contributed by atoms with van der Waals surface area (Å²) in [5, 5.41) is 10.2. The van der Waals surface area contributed by atoms with Gasteiger partial charge in [0.2, 0.25) is 0 Å². The normalized spacial score (nSPS) is 17.4. The predicted octanol–water partition coefficient (Wildman–Crippen LogP) is 3.27. The number of rotatable bonds is 3. The second-order valence-electron chi connectivity index (χ2n) is 6.78. The summed E-state index contributed by atoms with van der Waals surface area (Å²) in [5.41, 5.74) is 4.55. The molecule has 0 bridgehead atoms. The lowest BCUT2D eigenvalue weighted by atomic mass is 10.1. The molecule has 2 aromatic carbocycles. The second-order valence-corrected chi connectivity index (χ2v) is 6.78. The van der Waals surface area contributed by atoms with E-state index in [-0.39, 0.29) is 11.9 Å². The van der Waals surface area contributed by atoms with Gasteiger partial charge in [0.25, 0.3) is 5.91 Å². The molecule has 2 heterocycles. The van der Waals surface area contributed by atoms with Crippen LogP contribution in [-0.2, 0) is 6.42 Å². The van der Waals surface area contributed by atoms with Crippen LogP contribution in [0.2, 0.25) is 0 Å². The highest BCUT2D eigenvalue weighted by molar-refractivity contribution is 6.00. The lowest BCUT2D eigenvalue weighted by Crippen LogP contribution is -2.27. The summed E-state index contributed by atoms with van der Waals surface area (Å²) in [6.07, 6.45) is 3.48. The Bertz CT molecular complexity index is 1010. The Labute approximate surface area is 156 Å². The third-order valence-electron chi connectivity index (χ3n) is 5.15. The summed E-state index contributed by atoms with van der Waals surface area (Å²) >= 11 is 0. The van der Waals surface area contributed by atoms with Crippen molar-refractivity contribution in [1.29, 1.82) is 0 Å².